The molecule has 1 aliphatic heterocycles. The number of fused-ring (bicyclic) bond motifs is 1. The lowest BCUT2D eigenvalue weighted by molar-refractivity contribution is 0.0844. The van der Waals surface area contributed by atoms with Gasteiger partial charge in [-0.3, -0.25) is 0 Å². The van der Waals surface area contributed by atoms with Gasteiger partial charge in [0.15, 0.2) is 32.8 Å². The SMILES string of the molecule is [B]c1c([B])c(C([B])([B])C([B])(CC)NC([B])[B])c([B])c2c1OC([B])([B])O2. The molecule has 1 heterocycles. The highest BCUT2D eigenvalue weighted by Crippen LogP contribution is 2.37. The fourth-order valence-electron chi connectivity index (χ4n) is 2.78. The van der Waals surface area contributed by atoms with E-state index in [9.17, 15) is 0 Å². The van der Waals surface area contributed by atoms with E-state index in [4.69, 9.17) is 87.9 Å². The highest BCUT2D eigenvalue weighted by Gasteiger charge is 2.43. The molecule has 1 unspecified atom stereocenters. The minimum Gasteiger partial charge on any atom is -0.469 e. The Hall–Kier alpha value is -0.571. The molecule has 3 nitrogen and oxygen atoms in total. The van der Waals surface area contributed by atoms with Crippen molar-refractivity contribution in [2.45, 2.75) is 35.4 Å². The van der Waals surface area contributed by atoms with Crippen LogP contribution in [0.25, 0.3) is 0 Å². The van der Waals surface area contributed by atoms with Crippen molar-refractivity contribution in [3.05, 3.63) is 5.56 Å². The second kappa shape index (κ2) is 6.55. The molecule has 102 valence electrons. The summed E-state index contributed by atoms with van der Waals surface area (Å²) >= 11 is 0. The van der Waals surface area contributed by atoms with Crippen molar-refractivity contribution in [2.24, 2.45) is 0 Å². The summed E-state index contributed by atoms with van der Waals surface area (Å²) in [6, 6.07) is 0. The minimum absolute atomic E-state index is 0.0119. The van der Waals surface area contributed by atoms with Gasteiger partial charge in [-0.1, -0.05) is 34.5 Å². The third-order valence-electron chi connectivity index (χ3n) is 4.18. The van der Waals surface area contributed by atoms with Crippen LogP contribution >= 0.6 is 0 Å². The van der Waals surface area contributed by atoms with Crippen LogP contribution in [0.2, 0.25) is 0 Å². The second-order valence-electron chi connectivity index (χ2n) is 6.06. The van der Waals surface area contributed by atoms with Gasteiger partial charge < -0.3 is 14.8 Å². The molecular formula is C12H7B10NO2. The summed E-state index contributed by atoms with van der Waals surface area (Å²) in [4.78, 5) is 0. The van der Waals surface area contributed by atoms with E-state index in [0.29, 0.717) is 0 Å². The molecule has 1 atom stereocenters. The summed E-state index contributed by atoms with van der Waals surface area (Å²) in [7, 11) is 59.5. The average Bonchev–Trinajstić information content (AvgIpc) is 2.80. The zero-order valence-electron chi connectivity index (χ0n) is 13.9. The van der Waals surface area contributed by atoms with Crippen molar-refractivity contribution in [3.8, 4) is 11.5 Å². The summed E-state index contributed by atoms with van der Waals surface area (Å²) in [5, 5.41) is 0.859. The largest absolute Gasteiger partial charge is 0.469 e. The van der Waals surface area contributed by atoms with E-state index in [2.05, 4.69) is 5.32 Å². The second-order valence-corrected chi connectivity index (χ2v) is 6.06. The maximum atomic E-state index is 6.31. The van der Waals surface area contributed by atoms with Crippen LogP contribution in [0.3, 0.4) is 0 Å². The van der Waals surface area contributed by atoms with E-state index in [0.717, 1.165) is 0 Å². The Labute approximate surface area is 162 Å². The topological polar surface area (TPSA) is 30.5 Å². The predicted octanol–water partition coefficient (Wildman–Crippen LogP) is -5.24. The van der Waals surface area contributed by atoms with Gasteiger partial charge in [-0.2, -0.15) is 0 Å². The zero-order valence-corrected chi connectivity index (χ0v) is 13.9. The van der Waals surface area contributed by atoms with Gasteiger partial charge in [-0.25, -0.2) is 0 Å². The van der Waals surface area contributed by atoms with Gasteiger partial charge in [0.2, 0.25) is 0 Å². The van der Waals surface area contributed by atoms with Gasteiger partial charge in [-0.05, 0) is 17.3 Å². The molecule has 25 heavy (non-hydrogen) atoms. The zero-order chi connectivity index (χ0) is 19.4. The smallest absolute Gasteiger partial charge is 0.175 e. The molecule has 1 aliphatic rings. The molecule has 13 heteroatoms. The lowest BCUT2D eigenvalue weighted by Gasteiger charge is -2.50. The summed E-state index contributed by atoms with van der Waals surface area (Å²) in [6.07, 6.45) is 0.218. The van der Waals surface area contributed by atoms with Crippen molar-refractivity contribution >= 4 is 94.9 Å². The van der Waals surface area contributed by atoms with Gasteiger partial charge in [0.25, 0.3) is 0 Å². The van der Waals surface area contributed by atoms with E-state index in [-0.39, 0.29) is 39.9 Å². The third kappa shape index (κ3) is 3.38. The van der Waals surface area contributed by atoms with E-state index in [1.807, 2.05) is 0 Å². The van der Waals surface area contributed by atoms with E-state index >= 15 is 0 Å². The first kappa shape index (κ1) is 20.7. The Morgan fingerprint density at radius 2 is 1.44 bits per heavy atom. The fraction of sp³-hybridized carbons (Fsp3) is 0.500. The maximum absolute atomic E-state index is 6.31. The summed E-state index contributed by atoms with van der Waals surface area (Å²) in [5.74, 6) is -1.06. The molecular weight excluding hydrogens is 298 g/mol. The van der Waals surface area contributed by atoms with Crippen molar-refractivity contribution < 1.29 is 9.47 Å². The first-order chi connectivity index (χ1) is 11.3. The van der Waals surface area contributed by atoms with E-state index < -0.39 is 22.1 Å². The number of benzene rings is 1. The van der Waals surface area contributed by atoms with Crippen molar-refractivity contribution in [3.63, 3.8) is 0 Å². The quantitative estimate of drug-likeness (QED) is 0.552. The Balaban J connectivity index is 2.70. The molecule has 0 bridgehead atoms. The van der Waals surface area contributed by atoms with Crippen LogP contribution < -0.4 is 31.2 Å². The van der Waals surface area contributed by atoms with Crippen molar-refractivity contribution in [1.82, 2.24) is 5.32 Å². The van der Waals surface area contributed by atoms with Crippen LogP contribution in [0.15, 0.2) is 0 Å². The molecule has 0 amide bonds. The molecule has 0 saturated heterocycles. The van der Waals surface area contributed by atoms with Crippen molar-refractivity contribution in [1.29, 1.82) is 0 Å². The monoisotopic (exact) mass is 307 g/mol. The molecule has 1 N–H and O–H groups in total. The molecule has 0 spiro atoms. The molecule has 1 aromatic carbocycles. The molecule has 20 radical (unpaired) electrons. The number of rotatable bonds is 5. The van der Waals surface area contributed by atoms with Gasteiger partial charge in [0.05, 0.1) is 39.2 Å². The maximum Gasteiger partial charge on any atom is 0.175 e. The summed E-state index contributed by atoms with van der Waals surface area (Å²) in [6.45, 7) is 1.72. The Morgan fingerprint density at radius 1 is 0.960 bits per heavy atom. The third-order valence-corrected chi connectivity index (χ3v) is 4.18. The first-order valence-electron chi connectivity index (χ1n) is 7.39. The molecule has 0 fully saturated rings. The number of hydrogen-bond donors (Lipinski definition) is 1. The normalized spacial score (nSPS) is 18.2. The summed E-state index contributed by atoms with van der Waals surface area (Å²) in [5.41, 5.74) is -3.62. The van der Waals surface area contributed by atoms with Crippen LogP contribution in [0, 0.1) is 0 Å². The highest BCUT2D eigenvalue weighted by molar-refractivity contribution is 6.57. The van der Waals surface area contributed by atoms with Gasteiger partial charge in [0, 0.05) is 0 Å². The van der Waals surface area contributed by atoms with Gasteiger partial charge in [-0.15, -0.1) is 0 Å². The Bertz CT molecular complexity index is 695. The number of nitrogens with one attached hydrogen (secondary N) is 1. The molecule has 1 aromatic rings. The van der Waals surface area contributed by atoms with Crippen LogP contribution in [-0.2, 0) is 5.21 Å². The molecule has 0 saturated carbocycles. The van der Waals surface area contributed by atoms with Crippen LogP contribution in [0.1, 0.15) is 18.9 Å². The molecule has 0 aromatic heterocycles. The minimum atomic E-state index is -1.97. The van der Waals surface area contributed by atoms with Crippen LogP contribution in [0.5, 0.6) is 11.5 Å². The molecule has 2 rings (SSSR count). The Morgan fingerprint density at radius 3 is 1.88 bits per heavy atom. The van der Waals surface area contributed by atoms with Crippen LogP contribution in [-0.4, -0.2) is 95.3 Å². The lowest BCUT2D eigenvalue weighted by atomic mass is 9.34. The predicted molar refractivity (Wildman–Crippen MR) is 108 cm³/mol. The van der Waals surface area contributed by atoms with Crippen LogP contribution in [0.4, 0.5) is 0 Å². The number of hydrogen-bond acceptors (Lipinski definition) is 3. The van der Waals surface area contributed by atoms with Crippen molar-refractivity contribution in [2.75, 3.05) is 0 Å². The average molecular weight is 305 g/mol. The standard InChI is InChI=1S/C12H7B10NO2/c1-2-10(18,23-9(16)17)11(19,20)3-4(13)6(15)8-7(5(3)14)24-12(21,22)25-8/h9,23H,2H2,1H3. The van der Waals surface area contributed by atoms with Gasteiger partial charge in [0.1, 0.15) is 23.5 Å². The number of ether oxygens (including phenoxy) is 2. The Kier molecular flexibility index (Phi) is 5.43. The first-order valence-corrected chi connectivity index (χ1v) is 7.39. The summed E-state index contributed by atoms with van der Waals surface area (Å²) < 4.78 is 10.5. The van der Waals surface area contributed by atoms with Gasteiger partial charge >= 0.3 is 0 Å². The van der Waals surface area contributed by atoms with E-state index in [1.54, 1.807) is 6.92 Å². The lowest BCUT2D eigenvalue weighted by Crippen LogP contribution is -2.67. The van der Waals surface area contributed by atoms with E-state index in [1.165, 1.54) is 0 Å². The highest BCUT2D eigenvalue weighted by atomic mass is 16.7. The fourth-order valence-corrected chi connectivity index (χ4v) is 2.78. The molecule has 0 aliphatic carbocycles.